The van der Waals surface area contributed by atoms with Crippen molar-refractivity contribution in [3.8, 4) is 16.9 Å². The topological polar surface area (TPSA) is 76.1 Å². The van der Waals surface area contributed by atoms with E-state index in [1.165, 1.54) is 12.1 Å². The highest BCUT2D eigenvalue weighted by Gasteiger charge is 2.35. The smallest absolute Gasteiger partial charge is 0.324 e. The van der Waals surface area contributed by atoms with E-state index in [0.29, 0.717) is 12.4 Å². The van der Waals surface area contributed by atoms with E-state index < -0.39 is 17.9 Å². The van der Waals surface area contributed by atoms with Gasteiger partial charge in [0.15, 0.2) is 5.94 Å². The summed E-state index contributed by atoms with van der Waals surface area (Å²) in [5.41, 5.74) is 5.77. The molecule has 0 radical (unpaired) electrons. The van der Waals surface area contributed by atoms with E-state index in [0.717, 1.165) is 33.4 Å². The monoisotopic (exact) mass is 505 g/mol. The standard InChI is InChI=1S/C32H27NO5/c1-33(38-30(20-34)31-27-13-7-5-11-25(27)26-12-6-8-14-28(26)31)29(32(35)36)19-22-15-17-24(18-16-22)37-21-23-9-3-2-4-10-23/h2-18,29,31H,19,21H2,1H3,(H,35,36)/t29-/m0/s1. The minimum Gasteiger partial charge on any atom is -0.489 e. The molecule has 1 atom stereocenters. The van der Waals surface area contributed by atoms with Gasteiger partial charge in [0.05, 0.1) is 5.92 Å². The number of carbonyl (C=O) groups is 1. The van der Waals surface area contributed by atoms with Gasteiger partial charge in [0, 0.05) is 13.5 Å². The largest absolute Gasteiger partial charge is 0.489 e. The zero-order valence-electron chi connectivity index (χ0n) is 20.9. The first-order chi connectivity index (χ1) is 18.5. The second-order valence-electron chi connectivity index (χ2n) is 9.19. The molecule has 1 N–H and O–H groups in total. The van der Waals surface area contributed by atoms with Gasteiger partial charge in [-0.25, -0.2) is 4.79 Å². The van der Waals surface area contributed by atoms with E-state index in [9.17, 15) is 14.7 Å². The molecular formula is C32H27NO5. The number of rotatable bonds is 10. The molecule has 0 fully saturated rings. The van der Waals surface area contributed by atoms with Crippen molar-refractivity contribution in [2.75, 3.05) is 7.05 Å². The number of hydrogen-bond donors (Lipinski definition) is 1. The van der Waals surface area contributed by atoms with Crippen LogP contribution in [0.4, 0.5) is 0 Å². The van der Waals surface area contributed by atoms with Crippen LogP contribution in [-0.2, 0) is 27.5 Å². The van der Waals surface area contributed by atoms with E-state index >= 15 is 0 Å². The van der Waals surface area contributed by atoms with Crippen LogP contribution < -0.4 is 4.74 Å². The van der Waals surface area contributed by atoms with Crippen LogP contribution in [0.2, 0.25) is 0 Å². The first-order valence-electron chi connectivity index (χ1n) is 12.4. The molecule has 0 heterocycles. The lowest BCUT2D eigenvalue weighted by atomic mass is 9.95. The third kappa shape index (κ3) is 5.23. The lowest BCUT2D eigenvalue weighted by Crippen LogP contribution is -2.40. The third-order valence-corrected chi connectivity index (χ3v) is 6.76. The second kappa shape index (κ2) is 11.2. The Morgan fingerprint density at radius 2 is 1.42 bits per heavy atom. The number of likely N-dealkylation sites (N-methyl/N-ethyl adjacent to an activating group) is 1. The molecule has 0 unspecified atom stereocenters. The number of hydroxylamine groups is 2. The first kappa shape index (κ1) is 25.0. The van der Waals surface area contributed by atoms with Crippen molar-refractivity contribution in [1.29, 1.82) is 0 Å². The van der Waals surface area contributed by atoms with Crippen LogP contribution in [0.3, 0.4) is 0 Å². The van der Waals surface area contributed by atoms with Gasteiger partial charge in [-0.2, -0.15) is 0 Å². The fourth-order valence-electron chi connectivity index (χ4n) is 4.84. The third-order valence-electron chi connectivity index (χ3n) is 6.76. The zero-order chi connectivity index (χ0) is 26.5. The van der Waals surface area contributed by atoms with Crippen LogP contribution in [-0.4, -0.2) is 35.2 Å². The summed E-state index contributed by atoms with van der Waals surface area (Å²) in [4.78, 5) is 30.3. The Bertz CT molecular complexity index is 1430. The summed E-state index contributed by atoms with van der Waals surface area (Å²) in [6.45, 7) is 0.447. The molecule has 0 aromatic heterocycles. The molecular weight excluding hydrogens is 478 g/mol. The number of benzene rings is 4. The number of carboxylic acids is 1. The number of nitrogens with zero attached hydrogens (tertiary/aromatic N) is 1. The average molecular weight is 506 g/mol. The van der Waals surface area contributed by atoms with Gasteiger partial charge in [-0.1, -0.05) is 91.0 Å². The number of ether oxygens (including phenoxy) is 1. The number of aliphatic carboxylic acids is 1. The molecule has 6 heteroatoms. The number of carbonyl (C=O) groups excluding carboxylic acids is 1. The quantitative estimate of drug-likeness (QED) is 0.170. The highest BCUT2D eigenvalue weighted by molar-refractivity contribution is 5.81. The summed E-state index contributed by atoms with van der Waals surface area (Å²) in [7, 11) is 1.53. The lowest BCUT2D eigenvalue weighted by Gasteiger charge is -2.27. The molecule has 1 aliphatic carbocycles. The summed E-state index contributed by atoms with van der Waals surface area (Å²) >= 11 is 0. The summed E-state index contributed by atoms with van der Waals surface area (Å²) in [6, 6.07) is 31.8. The normalized spacial score (nSPS) is 12.8. The van der Waals surface area contributed by atoms with Crippen molar-refractivity contribution in [2.45, 2.75) is 25.0 Å². The summed E-state index contributed by atoms with van der Waals surface area (Å²) in [6.07, 6.45) is 0.175. The van der Waals surface area contributed by atoms with Gasteiger partial charge in [0.2, 0.25) is 5.76 Å². The van der Waals surface area contributed by atoms with E-state index in [-0.39, 0.29) is 12.2 Å². The fraction of sp³-hybridized carbons (Fsp3) is 0.156. The SMILES string of the molecule is CN(OC(=C=O)C1c2ccccc2-c2ccccc21)[C@@H](Cc1ccc(OCc2ccccc2)cc1)C(=O)O. The molecule has 6 nitrogen and oxygen atoms in total. The maximum Gasteiger partial charge on any atom is 0.324 e. The van der Waals surface area contributed by atoms with Crippen molar-refractivity contribution in [1.82, 2.24) is 5.06 Å². The molecule has 1 aliphatic rings. The van der Waals surface area contributed by atoms with Crippen molar-refractivity contribution >= 4 is 11.9 Å². The molecule has 5 rings (SSSR count). The van der Waals surface area contributed by atoms with E-state index in [1.807, 2.05) is 109 Å². The van der Waals surface area contributed by atoms with Crippen LogP contribution in [0, 0.1) is 0 Å². The Morgan fingerprint density at radius 3 is 2.00 bits per heavy atom. The van der Waals surface area contributed by atoms with E-state index in [4.69, 9.17) is 9.57 Å². The van der Waals surface area contributed by atoms with Crippen molar-refractivity contribution in [2.24, 2.45) is 0 Å². The Balaban J connectivity index is 1.29. The van der Waals surface area contributed by atoms with Crippen LogP contribution in [0.1, 0.15) is 28.2 Å². The Morgan fingerprint density at radius 1 is 0.842 bits per heavy atom. The lowest BCUT2D eigenvalue weighted by molar-refractivity contribution is -0.170. The molecule has 0 amide bonds. The minimum atomic E-state index is -1.06. The second-order valence-corrected chi connectivity index (χ2v) is 9.19. The maximum absolute atomic E-state index is 12.2. The Hall–Kier alpha value is -4.64. The molecule has 0 saturated carbocycles. The van der Waals surface area contributed by atoms with E-state index in [1.54, 1.807) is 0 Å². The molecule has 0 saturated heterocycles. The molecule has 38 heavy (non-hydrogen) atoms. The van der Waals surface area contributed by atoms with Gasteiger partial charge in [-0.05, 0) is 45.5 Å². The van der Waals surface area contributed by atoms with Crippen molar-refractivity contribution < 1.29 is 24.3 Å². The van der Waals surface area contributed by atoms with Gasteiger partial charge in [0.25, 0.3) is 0 Å². The predicted molar refractivity (Wildman–Crippen MR) is 144 cm³/mol. The first-order valence-corrected chi connectivity index (χ1v) is 12.4. The van der Waals surface area contributed by atoms with Gasteiger partial charge in [-0.15, -0.1) is 5.06 Å². The van der Waals surface area contributed by atoms with Crippen molar-refractivity contribution in [3.05, 3.63) is 131 Å². The highest BCUT2D eigenvalue weighted by Crippen LogP contribution is 2.47. The molecule has 0 bridgehead atoms. The zero-order valence-corrected chi connectivity index (χ0v) is 20.9. The number of fused-ring (bicyclic) bond motifs is 3. The fourth-order valence-corrected chi connectivity index (χ4v) is 4.84. The maximum atomic E-state index is 12.2. The van der Waals surface area contributed by atoms with Crippen molar-refractivity contribution in [3.63, 3.8) is 0 Å². The molecule has 4 aromatic carbocycles. The number of carboxylic acid groups (broad SMARTS) is 1. The van der Waals surface area contributed by atoms with Gasteiger partial charge >= 0.3 is 5.97 Å². The van der Waals surface area contributed by atoms with E-state index in [2.05, 4.69) is 0 Å². The van der Waals surface area contributed by atoms with Gasteiger partial charge in [0.1, 0.15) is 18.4 Å². The van der Waals surface area contributed by atoms with Crippen LogP contribution >= 0.6 is 0 Å². The summed E-state index contributed by atoms with van der Waals surface area (Å²) in [5.74, 6) is 1.14. The Labute approximate surface area is 221 Å². The molecule has 4 aromatic rings. The summed E-state index contributed by atoms with van der Waals surface area (Å²) < 4.78 is 5.83. The summed E-state index contributed by atoms with van der Waals surface area (Å²) in [5, 5.41) is 11.2. The molecule has 190 valence electrons. The van der Waals surface area contributed by atoms with Crippen LogP contribution in [0.25, 0.3) is 11.1 Å². The molecule has 0 aliphatic heterocycles. The number of allylic oxidation sites excluding steroid dienone is 1. The molecule has 0 spiro atoms. The Kier molecular flexibility index (Phi) is 7.36. The van der Waals surface area contributed by atoms with Crippen LogP contribution in [0.15, 0.2) is 109 Å². The number of hydrogen-bond acceptors (Lipinski definition) is 5. The average Bonchev–Trinajstić information content (AvgIpc) is 3.29. The van der Waals surface area contributed by atoms with Gasteiger partial charge < -0.3 is 14.7 Å². The minimum absolute atomic E-state index is 0.0285. The predicted octanol–water partition coefficient (Wildman–Crippen LogP) is 5.65. The van der Waals surface area contributed by atoms with Gasteiger partial charge in [-0.3, -0.25) is 4.79 Å². The van der Waals surface area contributed by atoms with Crippen LogP contribution in [0.5, 0.6) is 5.75 Å². The highest BCUT2D eigenvalue weighted by atomic mass is 16.7.